The Kier molecular flexibility index (Phi) is 4.27. The van der Waals surface area contributed by atoms with Crippen LogP contribution in [-0.2, 0) is 13.1 Å². The Morgan fingerprint density at radius 2 is 1.67 bits per heavy atom. The number of aryl methyl sites for hydroxylation is 3. The largest absolute Gasteiger partial charge is 0.451 e. The van der Waals surface area contributed by atoms with Gasteiger partial charge in [0.25, 0.3) is 5.91 Å². The molecule has 1 N–H and O–H groups in total. The molecular formula is C20H20N4O3. The van der Waals surface area contributed by atoms with Gasteiger partial charge in [-0.05, 0) is 38.0 Å². The summed E-state index contributed by atoms with van der Waals surface area (Å²) >= 11 is 0. The molecule has 0 spiro atoms. The standard InChI is InChI=1S/C20H20N4O3/c1-12-4-13(2)18-17(5-12)14(3)19(23-18)20(25)24(6-15-8-26-10-21-15)7-16-9-27-11-22-16/h4-5,8-11,23H,6-7H2,1-3H3. The van der Waals surface area contributed by atoms with Gasteiger partial charge in [0.1, 0.15) is 18.2 Å². The molecule has 0 aliphatic heterocycles. The second kappa shape index (κ2) is 6.75. The van der Waals surface area contributed by atoms with Crippen LogP contribution in [0.25, 0.3) is 10.9 Å². The van der Waals surface area contributed by atoms with Gasteiger partial charge in [0.05, 0.1) is 24.5 Å². The zero-order chi connectivity index (χ0) is 19.0. The minimum absolute atomic E-state index is 0.119. The maximum absolute atomic E-state index is 13.4. The van der Waals surface area contributed by atoms with Crippen molar-refractivity contribution in [1.29, 1.82) is 0 Å². The van der Waals surface area contributed by atoms with E-state index in [1.54, 1.807) is 4.90 Å². The number of benzene rings is 1. The summed E-state index contributed by atoms with van der Waals surface area (Å²) in [4.78, 5) is 26.6. The molecule has 1 aromatic carbocycles. The van der Waals surface area contributed by atoms with Crippen molar-refractivity contribution in [1.82, 2.24) is 19.9 Å². The van der Waals surface area contributed by atoms with Crippen LogP contribution >= 0.6 is 0 Å². The summed E-state index contributed by atoms with van der Waals surface area (Å²) in [6.07, 6.45) is 5.78. The number of rotatable bonds is 5. The summed E-state index contributed by atoms with van der Waals surface area (Å²) in [5.41, 5.74) is 6.14. The number of amides is 1. The molecular weight excluding hydrogens is 344 g/mol. The number of nitrogens with zero attached hydrogens (tertiary/aromatic N) is 3. The van der Waals surface area contributed by atoms with E-state index in [9.17, 15) is 4.79 Å². The van der Waals surface area contributed by atoms with Gasteiger partial charge in [-0.2, -0.15) is 0 Å². The molecule has 7 nitrogen and oxygen atoms in total. The van der Waals surface area contributed by atoms with Crippen LogP contribution in [0.4, 0.5) is 0 Å². The third-order valence-corrected chi connectivity index (χ3v) is 4.68. The number of H-pyrrole nitrogens is 1. The third kappa shape index (κ3) is 3.23. The average molecular weight is 364 g/mol. The van der Waals surface area contributed by atoms with Crippen molar-refractivity contribution >= 4 is 16.8 Å². The molecule has 0 radical (unpaired) electrons. The number of oxazole rings is 2. The normalized spacial score (nSPS) is 11.2. The highest BCUT2D eigenvalue weighted by Crippen LogP contribution is 2.27. The fourth-order valence-corrected chi connectivity index (χ4v) is 3.38. The van der Waals surface area contributed by atoms with Gasteiger partial charge in [-0.1, -0.05) is 11.6 Å². The van der Waals surface area contributed by atoms with Crippen LogP contribution in [-0.4, -0.2) is 25.8 Å². The molecule has 4 rings (SSSR count). The van der Waals surface area contributed by atoms with Gasteiger partial charge in [0.15, 0.2) is 12.8 Å². The topological polar surface area (TPSA) is 88.2 Å². The highest BCUT2D eigenvalue weighted by molar-refractivity contribution is 6.01. The molecule has 1 amide bonds. The van der Waals surface area contributed by atoms with Gasteiger partial charge < -0.3 is 18.7 Å². The number of carbonyl (C=O) groups excluding carboxylic acids is 1. The van der Waals surface area contributed by atoms with Gasteiger partial charge in [-0.3, -0.25) is 4.79 Å². The van der Waals surface area contributed by atoms with E-state index in [0.717, 1.165) is 22.0 Å². The fraction of sp³-hybridized carbons (Fsp3) is 0.250. The zero-order valence-corrected chi connectivity index (χ0v) is 15.4. The Morgan fingerprint density at radius 3 is 2.22 bits per heavy atom. The second-order valence-corrected chi connectivity index (χ2v) is 6.75. The molecule has 27 heavy (non-hydrogen) atoms. The van der Waals surface area contributed by atoms with Crippen molar-refractivity contribution in [3.05, 3.63) is 71.2 Å². The van der Waals surface area contributed by atoms with E-state index < -0.39 is 0 Å². The van der Waals surface area contributed by atoms with E-state index in [4.69, 9.17) is 8.83 Å². The van der Waals surface area contributed by atoms with Crippen LogP contribution in [0.5, 0.6) is 0 Å². The third-order valence-electron chi connectivity index (χ3n) is 4.68. The van der Waals surface area contributed by atoms with E-state index in [-0.39, 0.29) is 5.91 Å². The molecule has 0 aliphatic carbocycles. The molecule has 0 saturated heterocycles. The van der Waals surface area contributed by atoms with E-state index in [1.165, 1.54) is 30.9 Å². The first-order chi connectivity index (χ1) is 13.0. The number of hydrogen-bond donors (Lipinski definition) is 1. The van der Waals surface area contributed by atoms with E-state index in [2.05, 4.69) is 34.0 Å². The van der Waals surface area contributed by atoms with E-state index in [0.29, 0.717) is 30.2 Å². The molecule has 3 heterocycles. The summed E-state index contributed by atoms with van der Waals surface area (Å²) in [7, 11) is 0. The molecule has 0 aliphatic rings. The highest BCUT2D eigenvalue weighted by atomic mass is 16.3. The number of aromatic amines is 1. The van der Waals surface area contributed by atoms with Crippen molar-refractivity contribution in [3.8, 4) is 0 Å². The maximum Gasteiger partial charge on any atom is 0.271 e. The van der Waals surface area contributed by atoms with Gasteiger partial charge in [0, 0.05) is 10.9 Å². The number of hydrogen-bond acceptors (Lipinski definition) is 5. The summed E-state index contributed by atoms with van der Waals surface area (Å²) in [5, 5.41) is 1.07. The molecule has 3 aromatic heterocycles. The number of carbonyl (C=O) groups is 1. The van der Waals surface area contributed by atoms with E-state index in [1.807, 2.05) is 13.8 Å². The fourth-order valence-electron chi connectivity index (χ4n) is 3.38. The van der Waals surface area contributed by atoms with Gasteiger partial charge in [-0.15, -0.1) is 0 Å². The lowest BCUT2D eigenvalue weighted by Crippen LogP contribution is -2.31. The Morgan fingerprint density at radius 1 is 1.04 bits per heavy atom. The lowest BCUT2D eigenvalue weighted by atomic mass is 10.1. The van der Waals surface area contributed by atoms with Crippen molar-refractivity contribution in [2.24, 2.45) is 0 Å². The van der Waals surface area contributed by atoms with Crippen LogP contribution in [0.15, 0.2) is 46.3 Å². The Hall–Kier alpha value is -3.35. The monoisotopic (exact) mass is 364 g/mol. The van der Waals surface area contributed by atoms with Gasteiger partial charge >= 0.3 is 0 Å². The molecule has 4 aromatic rings. The molecule has 0 fully saturated rings. The highest BCUT2D eigenvalue weighted by Gasteiger charge is 2.23. The first-order valence-corrected chi connectivity index (χ1v) is 8.66. The zero-order valence-electron chi connectivity index (χ0n) is 15.4. The Labute approximate surface area is 156 Å². The first-order valence-electron chi connectivity index (χ1n) is 8.66. The molecule has 0 bridgehead atoms. The summed E-state index contributed by atoms with van der Waals surface area (Å²) in [5.74, 6) is -0.119. The van der Waals surface area contributed by atoms with Gasteiger partial charge in [0.2, 0.25) is 0 Å². The molecule has 0 atom stereocenters. The van der Waals surface area contributed by atoms with Crippen LogP contribution < -0.4 is 0 Å². The molecule has 138 valence electrons. The van der Waals surface area contributed by atoms with Crippen LogP contribution in [0.2, 0.25) is 0 Å². The van der Waals surface area contributed by atoms with Crippen molar-refractivity contribution in [2.75, 3.05) is 0 Å². The Bertz CT molecular complexity index is 1040. The van der Waals surface area contributed by atoms with Crippen molar-refractivity contribution in [3.63, 3.8) is 0 Å². The number of nitrogens with one attached hydrogen (secondary N) is 1. The second-order valence-electron chi connectivity index (χ2n) is 6.75. The van der Waals surface area contributed by atoms with Crippen LogP contribution in [0, 0.1) is 20.8 Å². The lowest BCUT2D eigenvalue weighted by molar-refractivity contribution is 0.0720. The van der Waals surface area contributed by atoms with Crippen molar-refractivity contribution in [2.45, 2.75) is 33.9 Å². The SMILES string of the molecule is Cc1cc(C)c2[nH]c(C(=O)N(Cc3cocn3)Cc3cocn3)c(C)c2c1. The smallest absolute Gasteiger partial charge is 0.271 e. The van der Waals surface area contributed by atoms with Gasteiger partial charge in [-0.25, -0.2) is 9.97 Å². The summed E-state index contributed by atoms with van der Waals surface area (Å²) < 4.78 is 10.1. The van der Waals surface area contributed by atoms with Crippen LogP contribution in [0.3, 0.4) is 0 Å². The van der Waals surface area contributed by atoms with Crippen molar-refractivity contribution < 1.29 is 13.6 Å². The average Bonchev–Trinajstić information content (AvgIpc) is 3.37. The lowest BCUT2D eigenvalue weighted by Gasteiger charge is -2.20. The summed E-state index contributed by atoms with van der Waals surface area (Å²) in [6.45, 7) is 6.70. The number of fused-ring (bicyclic) bond motifs is 1. The predicted molar refractivity (Wildman–Crippen MR) is 99.1 cm³/mol. The molecule has 0 unspecified atom stereocenters. The predicted octanol–water partition coefficient (Wildman–Crippen LogP) is 3.91. The minimum Gasteiger partial charge on any atom is -0.451 e. The molecule has 0 saturated carbocycles. The Balaban J connectivity index is 1.73. The molecule has 7 heteroatoms. The minimum atomic E-state index is -0.119. The first kappa shape index (κ1) is 17.1. The summed E-state index contributed by atoms with van der Waals surface area (Å²) in [6, 6.07) is 4.21. The quantitative estimate of drug-likeness (QED) is 0.580. The number of aromatic nitrogens is 3. The maximum atomic E-state index is 13.4. The van der Waals surface area contributed by atoms with Crippen LogP contribution in [0.1, 0.15) is 38.6 Å². The van der Waals surface area contributed by atoms with E-state index >= 15 is 0 Å².